The predicted molar refractivity (Wildman–Crippen MR) is 120 cm³/mol. The Bertz CT molecular complexity index is 1180. The maximum Gasteiger partial charge on any atom is 0.258 e. The fourth-order valence-electron chi connectivity index (χ4n) is 4.06. The van der Waals surface area contributed by atoms with Crippen molar-refractivity contribution < 1.29 is 14.1 Å². The van der Waals surface area contributed by atoms with Crippen LogP contribution in [0.5, 0.6) is 5.75 Å². The average Bonchev–Trinajstić information content (AvgIpc) is 3.41. The summed E-state index contributed by atoms with van der Waals surface area (Å²) in [6.07, 6.45) is 2.39. The summed E-state index contributed by atoms with van der Waals surface area (Å²) in [5, 5.41) is 17.2. The standard InChI is InChI=1S/C25H26N4O3/c1-15(2)31-23-10-7-17(13-18(23)14-26)25-28-24(29-32-25)21-6-4-5-20-19(21)8-9-22(20)27-12-11-16(3)30/h4-7,10,13,15,22,27H,8-9,11-12H2,1-3H3/t22-/m1/s1. The van der Waals surface area contributed by atoms with Crippen LogP contribution >= 0.6 is 0 Å². The van der Waals surface area contributed by atoms with Crippen molar-refractivity contribution in [2.45, 2.75) is 52.2 Å². The van der Waals surface area contributed by atoms with Gasteiger partial charge >= 0.3 is 0 Å². The monoisotopic (exact) mass is 430 g/mol. The summed E-state index contributed by atoms with van der Waals surface area (Å²) < 4.78 is 11.2. The topological polar surface area (TPSA) is 101 Å². The number of rotatable bonds is 8. The summed E-state index contributed by atoms with van der Waals surface area (Å²) in [7, 11) is 0. The van der Waals surface area contributed by atoms with Crippen molar-refractivity contribution in [1.29, 1.82) is 5.26 Å². The van der Waals surface area contributed by atoms with Crippen LogP contribution in [0.4, 0.5) is 0 Å². The van der Waals surface area contributed by atoms with E-state index >= 15 is 0 Å². The van der Waals surface area contributed by atoms with Gasteiger partial charge in [-0.15, -0.1) is 0 Å². The first kappa shape index (κ1) is 21.7. The number of nitriles is 1. The Morgan fingerprint density at radius 1 is 1.34 bits per heavy atom. The summed E-state index contributed by atoms with van der Waals surface area (Å²) in [5.41, 5.74) is 4.48. The number of benzene rings is 2. The predicted octanol–water partition coefficient (Wildman–Crippen LogP) is 4.62. The number of hydrogen-bond donors (Lipinski definition) is 1. The van der Waals surface area contributed by atoms with Gasteiger partial charge in [-0.1, -0.05) is 23.4 Å². The maximum atomic E-state index is 11.2. The Kier molecular flexibility index (Phi) is 6.33. The van der Waals surface area contributed by atoms with E-state index in [1.165, 1.54) is 11.1 Å². The normalized spacial score (nSPS) is 14.9. The number of ether oxygens (including phenoxy) is 1. The number of aromatic nitrogens is 2. The molecule has 0 saturated carbocycles. The van der Waals surface area contributed by atoms with Gasteiger partial charge in [0.25, 0.3) is 5.89 Å². The Balaban J connectivity index is 1.58. The molecule has 0 fully saturated rings. The van der Waals surface area contributed by atoms with E-state index in [1.807, 2.05) is 32.0 Å². The molecule has 0 radical (unpaired) electrons. The molecule has 0 amide bonds. The van der Waals surface area contributed by atoms with E-state index in [2.05, 4.69) is 27.6 Å². The third-order valence-corrected chi connectivity index (χ3v) is 5.52. The molecule has 7 heteroatoms. The Morgan fingerprint density at radius 2 is 2.19 bits per heavy atom. The minimum Gasteiger partial charge on any atom is -0.490 e. The highest BCUT2D eigenvalue weighted by atomic mass is 16.5. The number of nitrogens with zero attached hydrogens (tertiary/aromatic N) is 3. The van der Waals surface area contributed by atoms with Gasteiger partial charge in [0.15, 0.2) is 0 Å². The molecule has 0 saturated heterocycles. The second-order valence-electron chi connectivity index (χ2n) is 8.28. The second kappa shape index (κ2) is 9.33. The number of carbonyl (C=O) groups excluding carboxylic acids is 1. The number of carbonyl (C=O) groups is 1. The smallest absolute Gasteiger partial charge is 0.258 e. The molecule has 3 aromatic rings. The summed E-state index contributed by atoms with van der Waals surface area (Å²) in [5.74, 6) is 1.61. The Morgan fingerprint density at radius 3 is 2.94 bits per heavy atom. The fourth-order valence-corrected chi connectivity index (χ4v) is 4.06. The van der Waals surface area contributed by atoms with Gasteiger partial charge in [0, 0.05) is 30.1 Å². The molecule has 164 valence electrons. The van der Waals surface area contributed by atoms with Crippen molar-refractivity contribution >= 4 is 5.78 Å². The minimum atomic E-state index is -0.0242. The molecule has 4 rings (SSSR count). The van der Waals surface area contributed by atoms with E-state index in [-0.39, 0.29) is 17.9 Å². The lowest BCUT2D eigenvalue weighted by atomic mass is 10.0. The molecular formula is C25H26N4O3. The molecule has 7 nitrogen and oxygen atoms in total. The van der Waals surface area contributed by atoms with Crippen molar-refractivity contribution in [3.05, 3.63) is 53.1 Å². The van der Waals surface area contributed by atoms with Crippen LogP contribution in [-0.2, 0) is 11.2 Å². The highest BCUT2D eigenvalue weighted by molar-refractivity contribution is 5.75. The summed E-state index contributed by atoms with van der Waals surface area (Å²) in [6.45, 7) is 6.12. The molecule has 0 unspecified atom stereocenters. The first-order valence-corrected chi connectivity index (χ1v) is 10.9. The zero-order valence-electron chi connectivity index (χ0n) is 18.5. The van der Waals surface area contributed by atoms with Crippen LogP contribution < -0.4 is 10.1 Å². The third-order valence-electron chi connectivity index (χ3n) is 5.52. The first-order chi connectivity index (χ1) is 15.5. The number of nitrogens with one attached hydrogen (secondary N) is 1. The van der Waals surface area contributed by atoms with Crippen molar-refractivity contribution in [2.24, 2.45) is 0 Å². The van der Waals surface area contributed by atoms with Crippen LogP contribution in [-0.4, -0.2) is 28.6 Å². The van der Waals surface area contributed by atoms with Crippen molar-refractivity contribution in [3.8, 4) is 34.7 Å². The van der Waals surface area contributed by atoms with Gasteiger partial charge in [0.2, 0.25) is 5.82 Å². The summed E-state index contributed by atoms with van der Waals surface area (Å²) in [6, 6.07) is 13.8. The molecule has 1 atom stereocenters. The number of fused-ring (bicyclic) bond motifs is 1. The van der Waals surface area contributed by atoms with Gasteiger partial charge < -0.3 is 14.6 Å². The lowest BCUT2D eigenvalue weighted by Gasteiger charge is -2.14. The summed E-state index contributed by atoms with van der Waals surface area (Å²) >= 11 is 0. The molecule has 1 heterocycles. The molecule has 1 aromatic heterocycles. The van der Waals surface area contributed by atoms with Gasteiger partial charge in [-0.3, -0.25) is 4.79 Å². The van der Waals surface area contributed by atoms with E-state index < -0.39 is 0 Å². The van der Waals surface area contributed by atoms with Gasteiger partial charge in [-0.2, -0.15) is 10.2 Å². The van der Waals surface area contributed by atoms with Gasteiger partial charge in [0.1, 0.15) is 17.6 Å². The molecule has 1 N–H and O–H groups in total. The highest BCUT2D eigenvalue weighted by Crippen LogP contribution is 2.37. The van der Waals surface area contributed by atoms with Gasteiger partial charge in [-0.25, -0.2) is 0 Å². The van der Waals surface area contributed by atoms with Crippen LogP contribution in [0.25, 0.3) is 22.8 Å². The molecule has 1 aliphatic rings. The molecule has 0 spiro atoms. The van der Waals surface area contributed by atoms with Crippen molar-refractivity contribution in [1.82, 2.24) is 15.5 Å². The lowest BCUT2D eigenvalue weighted by Crippen LogP contribution is -2.21. The number of hydrogen-bond acceptors (Lipinski definition) is 7. The molecular weight excluding hydrogens is 404 g/mol. The second-order valence-corrected chi connectivity index (χ2v) is 8.28. The van der Waals surface area contributed by atoms with Crippen LogP contribution in [0.3, 0.4) is 0 Å². The number of Topliss-reactive ketones (excluding diaryl/α,β-unsaturated/α-hetero) is 1. The Labute approximate surface area is 187 Å². The van der Waals surface area contributed by atoms with Crippen LogP contribution in [0.15, 0.2) is 40.9 Å². The van der Waals surface area contributed by atoms with Crippen LogP contribution in [0.1, 0.15) is 56.3 Å². The average molecular weight is 431 g/mol. The zero-order valence-corrected chi connectivity index (χ0v) is 18.5. The van der Waals surface area contributed by atoms with E-state index in [0.29, 0.717) is 41.6 Å². The van der Waals surface area contributed by atoms with Crippen molar-refractivity contribution in [2.75, 3.05) is 6.54 Å². The first-order valence-electron chi connectivity index (χ1n) is 10.9. The Hall–Kier alpha value is -3.50. The fraction of sp³-hybridized carbons (Fsp3) is 0.360. The van der Waals surface area contributed by atoms with Crippen LogP contribution in [0, 0.1) is 11.3 Å². The number of ketones is 1. The van der Waals surface area contributed by atoms with Crippen molar-refractivity contribution in [3.63, 3.8) is 0 Å². The summed E-state index contributed by atoms with van der Waals surface area (Å²) in [4.78, 5) is 15.8. The third kappa shape index (κ3) is 4.56. The highest BCUT2D eigenvalue weighted by Gasteiger charge is 2.26. The van der Waals surface area contributed by atoms with Crippen LogP contribution in [0.2, 0.25) is 0 Å². The minimum absolute atomic E-state index is 0.0242. The van der Waals surface area contributed by atoms with Gasteiger partial charge in [0.05, 0.1) is 11.7 Å². The molecule has 32 heavy (non-hydrogen) atoms. The van der Waals surface area contributed by atoms with Gasteiger partial charge in [-0.05, 0) is 62.9 Å². The zero-order chi connectivity index (χ0) is 22.7. The largest absolute Gasteiger partial charge is 0.490 e. The SMILES string of the molecule is CC(=O)CCN[C@@H]1CCc2c(-c3noc(-c4ccc(OC(C)C)c(C#N)c4)n3)cccc21. The maximum absolute atomic E-state index is 11.2. The molecule has 0 bridgehead atoms. The lowest BCUT2D eigenvalue weighted by molar-refractivity contribution is -0.116. The van der Waals surface area contributed by atoms with E-state index in [9.17, 15) is 10.1 Å². The van der Waals surface area contributed by atoms with E-state index in [1.54, 1.807) is 19.1 Å². The quantitative estimate of drug-likeness (QED) is 0.556. The molecule has 0 aliphatic heterocycles. The van der Waals surface area contributed by atoms with E-state index in [4.69, 9.17) is 9.26 Å². The van der Waals surface area contributed by atoms with E-state index in [0.717, 1.165) is 18.4 Å². The molecule has 1 aliphatic carbocycles. The molecule has 2 aromatic carbocycles.